The average Bonchev–Trinajstić information content (AvgIpc) is 3.01. The fourth-order valence-electron chi connectivity index (χ4n) is 3.98. The highest BCUT2D eigenvalue weighted by Gasteiger charge is 2.41. The summed E-state index contributed by atoms with van der Waals surface area (Å²) >= 11 is 0. The van der Waals surface area contributed by atoms with Crippen molar-refractivity contribution in [3.8, 4) is 0 Å². The maximum absolute atomic E-state index is 13.2. The van der Waals surface area contributed by atoms with Crippen LogP contribution in [0.15, 0.2) is 59.5 Å². The predicted octanol–water partition coefficient (Wildman–Crippen LogP) is 2.21. The summed E-state index contributed by atoms with van der Waals surface area (Å²) in [5.41, 5.74) is 1.13. The van der Waals surface area contributed by atoms with Crippen LogP contribution in [0.25, 0.3) is 0 Å². The molecule has 9 heteroatoms. The van der Waals surface area contributed by atoms with Crippen LogP contribution in [0.1, 0.15) is 42.6 Å². The summed E-state index contributed by atoms with van der Waals surface area (Å²) in [4.78, 5) is 40.0. The van der Waals surface area contributed by atoms with Crippen LogP contribution < -0.4 is 5.32 Å². The molecule has 8 nitrogen and oxygen atoms in total. The molecule has 0 saturated heterocycles. The third kappa shape index (κ3) is 5.24. The van der Waals surface area contributed by atoms with Crippen LogP contribution in [-0.2, 0) is 26.0 Å². The number of sulfonamides is 1. The average molecular weight is 472 g/mol. The summed E-state index contributed by atoms with van der Waals surface area (Å²) in [6.07, 6.45) is 0.761. The Kier molecular flexibility index (Phi) is 7.86. The van der Waals surface area contributed by atoms with Gasteiger partial charge in [-0.1, -0.05) is 49.4 Å². The van der Waals surface area contributed by atoms with E-state index in [0.717, 1.165) is 9.87 Å². The van der Waals surface area contributed by atoms with Gasteiger partial charge in [0.2, 0.25) is 11.8 Å². The van der Waals surface area contributed by atoms with Gasteiger partial charge in [-0.15, -0.1) is 0 Å². The number of hydrogen-bond acceptors (Lipinski definition) is 5. The third-order valence-corrected chi connectivity index (χ3v) is 7.50. The number of likely N-dealkylation sites (N-methyl/N-ethyl adjacent to an activating group) is 1. The van der Waals surface area contributed by atoms with Crippen molar-refractivity contribution < 1.29 is 22.8 Å². The highest BCUT2D eigenvalue weighted by Crippen LogP contribution is 2.30. The number of nitrogens with zero attached hydrogens (tertiary/aromatic N) is 2. The van der Waals surface area contributed by atoms with Gasteiger partial charge in [0.15, 0.2) is 0 Å². The zero-order valence-corrected chi connectivity index (χ0v) is 19.7. The largest absolute Gasteiger partial charge is 0.355 e. The summed E-state index contributed by atoms with van der Waals surface area (Å²) < 4.78 is 26.3. The molecule has 1 aliphatic heterocycles. The van der Waals surface area contributed by atoms with Crippen molar-refractivity contribution in [3.05, 3.63) is 65.7 Å². The van der Waals surface area contributed by atoms with E-state index in [2.05, 4.69) is 5.32 Å². The molecule has 0 saturated carbocycles. The van der Waals surface area contributed by atoms with E-state index in [1.165, 1.54) is 17.0 Å². The van der Waals surface area contributed by atoms with Gasteiger partial charge < -0.3 is 10.2 Å². The van der Waals surface area contributed by atoms with Crippen LogP contribution in [0.3, 0.4) is 0 Å². The molecule has 0 aliphatic carbocycles. The molecular formula is C24H29N3O5S. The fourth-order valence-corrected chi connectivity index (χ4v) is 5.55. The Morgan fingerprint density at radius 1 is 1.03 bits per heavy atom. The maximum Gasteiger partial charge on any atom is 0.269 e. The van der Waals surface area contributed by atoms with E-state index in [1.807, 2.05) is 44.2 Å². The smallest absolute Gasteiger partial charge is 0.269 e. The lowest BCUT2D eigenvalue weighted by molar-refractivity contribution is -0.140. The van der Waals surface area contributed by atoms with Gasteiger partial charge in [-0.05, 0) is 37.5 Å². The van der Waals surface area contributed by atoms with Gasteiger partial charge >= 0.3 is 0 Å². The minimum atomic E-state index is -3.99. The Balaban J connectivity index is 1.76. The molecule has 2 aromatic carbocycles. The van der Waals surface area contributed by atoms with Crippen molar-refractivity contribution in [3.63, 3.8) is 0 Å². The standard InChI is InChI=1S/C24H29N3O5S/c1-3-20(23(29)25-4-2)26(16-14-18-10-6-5-7-11-18)22(28)15-17-27-24(30)19-12-8-9-13-21(19)33(27,31)32/h5-13,20H,3-4,14-17H2,1-2H3,(H,25,29)/t20-/m0/s1. The lowest BCUT2D eigenvalue weighted by Crippen LogP contribution is -2.50. The number of carbonyl (C=O) groups is 3. The maximum atomic E-state index is 13.2. The van der Waals surface area contributed by atoms with Crippen LogP contribution in [0.5, 0.6) is 0 Å². The Labute approximate surface area is 194 Å². The quantitative estimate of drug-likeness (QED) is 0.572. The second-order valence-corrected chi connectivity index (χ2v) is 9.60. The first-order valence-electron chi connectivity index (χ1n) is 11.1. The number of amides is 3. The minimum absolute atomic E-state index is 0.0443. The number of hydrogen-bond donors (Lipinski definition) is 1. The Morgan fingerprint density at radius 2 is 1.70 bits per heavy atom. The van der Waals surface area contributed by atoms with Crippen molar-refractivity contribution in [2.75, 3.05) is 19.6 Å². The summed E-state index contributed by atoms with van der Waals surface area (Å²) in [5.74, 6) is -1.26. The predicted molar refractivity (Wildman–Crippen MR) is 124 cm³/mol. The lowest BCUT2D eigenvalue weighted by Gasteiger charge is -2.31. The molecule has 1 atom stereocenters. The SMILES string of the molecule is CCNC(=O)[C@H](CC)N(CCc1ccccc1)C(=O)CCN1C(=O)c2ccccc2S1(=O)=O. The molecule has 0 unspecified atom stereocenters. The molecule has 0 radical (unpaired) electrons. The van der Waals surface area contributed by atoms with Crippen LogP contribution in [0, 0.1) is 0 Å². The van der Waals surface area contributed by atoms with Crippen LogP contribution in [-0.4, -0.2) is 61.0 Å². The Hall–Kier alpha value is -3.20. The third-order valence-electron chi connectivity index (χ3n) is 5.66. The molecule has 0 aromatic heterocycles. The molecule has 2 aromatic rings. The molecule has 3 amide bonds. The molecule has 176 valence electrons. The van der Waals surface area contributed by atoms with Gasteiger partial charge in [0.05, 0.1) is 5.56 Å². The highest BCUT2D eigenvalue weighted by atomic mass is 32.2. The topological polar surface area (TPSA) is 104 Å². The van der Waals surface area contributed by atoms with E-state index in [9.17, 15) is 22.8 Å². The monoisotopic (exact) mass is 471 g/mol. The van der Waals surface area contributed by atoms with Crippen molar-refractivity contribution in [1.82, 2.24) is 14.5 Å². The Morgan fingerprint density at radius 3 is 2.33 bits per heavy atom. The molecule has 0 fully saturated rings. The van der Waals surface area contributed by atoms with E-state index in [4.69, 9.17) is 0 Å². The second-order valence-electron chi connectivity index (χ2n) is 7.77. The van der Waals surface area contributed by atoms with Crippen LogP contribution in [0.4, 0.5) is 0 Å². The first-order chi connectivity index (χ1) is 15.8. The van der Waals surface area contributed by atoms with Gasteiger partial charge in [0, 0.05) is 26.1 Å². The summed E-state index contributed by atoms with van der Waals surface area (Å²) in [6.45, 7) is 4.10. The molecule has 3 rings (SSSR count). The summed E-state index contributed by atoms with van der Waals surface area (Å²) in [6, 6.07) is 14.9. The molecule has 1 N–H and O–H groups in total. The first-order valence-corrected chi connectivity index (χ1v) is 12.5. The summed E-state index contributed by atoms with van der Waals surface area (Å²) in [7, 11) is -3.99. The van der Waals surface area contributed by atoms with Gasteiger partial charge in [-0.2, -0.15) is 0 Å². The highest BCUT2D eigenvalue weighted by molar-refractivity contribution is 7.90. The van der Waals surface area contributed by atoms with Crippen molar-refractivity contribution in [2.45, 2.75) is 44.0 Å². The second kappa shape index (κ2) is 10.6. The molecular weight excluding hydrogens is 442 g/mol. The van der Waals surface area contributed by atoms with E-state index >= 15 is 0 Å². The fraction of sp³-hybridized carbons (Fsp3) is 0.375. The molecule has 1 aliphatic rings. The van der Waals surface area contributed by atoms with Crippen LogP contribution >= 0.6 is 0 Å². The first kappa shape index (κ1) is 24.4. The Bertz CT molecular complexity index is 1120. The molecule has 0 spiro atoms. The van der Waals surface area contributed by atoms with Gasteiger partial charge in [0.1, 0.15) is 10.9 Å². The zero-order valence-electron chi connectivity index (χ0n) is 18.9. The summed E-state index contributed by atoms with van der Waals surface area (Å²) in [5, 5.41) is 2.77. The van der Waals surface area contributed by atoms with Crippen LogP contribution in [0.2, 0.25) is 0 Å². The number of nitrogens with one attached hydrogen (secondary N) is 1. The van der Waals surface area contributed by atoms with Crippen molar-refractivity contribution in [1.29, 1.82) is 0 Å². The number of benzene rings is 2. The molecule has 1 heterocycles. The van der Waals surface area contributed by atoms with Gasteiger partial charge in [-0.25, -0.2) is 12.7 Å². The minimum Gasteiger partial charge on any atom is -0.355 e. The number of carbonyl (C=O) groups excluding carboxylic acids is 3. The lowest BCUT2D eigenvalue weighted by atomic mass is 10.1. The van der Waals surface area contributed by atoms with Crippen molar-refractivity contribution >= 4 is 27.7 Å². The van der Waals surface area contributed by atoms with E-state index in [1.54, 1.807) is 12.1 Å². The van der Waals surface area contributed by atoms with E-state index in [0.29, 0.717) is 25.9 Å². The van der Waals surface area contributed by atoms with Gasteiger partial charge in [-0.3, -0.25) is 14.4 Å². The molecule has 33 heavy (non-hydrogen) atoms. The van der Waals surface area contributed by atoms with E-state index < -0.39 is 22.0 Å². The van der Waals surface area contributed by atoms with Gasteiger partial charge in [0.25, 0.3) is 15.9 Å². The zero-order chi connectivity index (χ0) is 24.0. The number of rotatable bonds is 10. The van der Waals surface area contributed by atoms with E-state index in [-0.39, 0.29) is 35.2 Å². The normalized spacial score (nSPS) is 15.1. The van der Waals surface area contributed by atoms with Crippen molar-refractivity contribution in [2.24, 2.45) is 0 Å². The molecule has 0 bridgehead atoms. The number of fused-ring (bicyclic) bond motifs is 1.